The van der Waals surface area contributed by atoms with E-state index < -0.39 is 54.1 Å². The molecule has 6 N–H and O–H groups in total. The first kappa shape index (κ1) is 42.8. The minimum Gasteiger partial charge on any atom is -0.508 e. The lowest BCUT2D eigenvalue weighted by Gasteiger charge is -2.27. The van der Waals surface area contributed by atoms with Crippen molar-refractivity contribution >= 4 is 35.7 Å². The van der Waals surface area contributed by atoms with Gasteiger partial charge in [-0.3, -0.25) is 24.0 Å². The van der Waals surface area contributed by atoms with Gasteiger partial charge >= 0.3 is 12.1 Å². The number of amides is 5. The van der Waals surface area contributed by atoms with Gasteiger partial charge in [-0.25, -0.2) is 4.79 Å². The van der Waals surface area contributed by atoms with Gasteiger partial charge in [-0.15, -0.1) is 0 Å². The molecular formula is C37H59N5O9. The van der Waals surface area contributed by atoms with Crippen LogP contribution in [0.1, 0.15) is 109 Å². The number of ether oxygens (including phenoxy) is 2. The van der Waals surface area contributed by atoms with Crippen LogP contribution in [0.4, 0.5) is 4.79 Å². The Hall–Kier alpha value is -4.36. The third kappa shape index (κ3) is 16.5. The lowest BCUT2D eigenvalue weighted by Crippen LogP contribution is -2.55. The maximum atomic E-state index is 13.4. The number of hydrogen-bond acceptors (Lipinski definition) is 9. The van der Waals surface area contributed by atoms with Crippen molar-refractivity contribution in [2.24, 2.45) is 5.92 Å². The first-order valence-corrected chi connectivity index (χ1v) is 18.0. The molecule has 0 aromatic heterocycles. The zero-order valence-electron chi connectivity index (χ0n) is 31.4. The predicted molar refractivity (Wildman–Crippen MR) is 192 cm³/mol. The second kappa shape index (κ2) is 21.1. The predicted octanol–water partition coefficient (Wildman–Crippen LogP) is 3.37. The molecule has 1 aliphatic carbocycles. The molecule has 14 heteroatoms. The highest BCUT2D eigenvalue weighted by molar-refractivity contribution is 5.94. The van der Waals surface area contributed by atoms with Crippen LogP contribution in [0.15, 0.2) is 12.1 Å². The molecule has 0 spiro atoms. The van der Waals surface area contributed by atoms with Gasteiger partial charge in [-0.1, -0.05) is 38.5 Å². The molecule has 0 unspecified atom stereocenters. The second-order valence-electron chi connectivity index (χ2n) is 14.4. The summed E-state index contributed by atoms with van der Waals surface area (Å²) in [6.07, 6.45) is 7.42. The average Bonchev–Trinajstić information content (AvgIpc) is 3.05. The number of rotatable bonds is 18. The normalized spacial score (nSPS) is 15.0. The van der Waals surface area contributed by atoms with Gasteiger partial charge in [0.15, 0.2) is 0 Å². The fourth-order valence-electron chi connectivity index (χ4n) is 6.10. The summed E-state index contributed by atoms with van der Waals surface area (Å²) in [7, 11) is 1.35. The van der Waals surface area contributed by atoms with Gasteiger partial charge in [0.1, 0.15) is 29.5 Å². The zero-order valence-corrected chi connectivity index (χ0v) is 31.4. The van der Waals surface area contributed by atoms with Crippen LogP contribution in [-0.2, 0) is 39.9 Å². The third-order valence-corrected chi connectivity index (χ3v) is 8.80. The Kier molecular flexibility index (Phi) is 17.7. The minimum atomic E-state index is -1.12. The number of nitrogens with one attached hydrogen (secondary N) is 5. The Morgan fingerprint density at radius 1 is 0.843 bits per heavy atom. The first-order chi connectivity index (χ1) is 24.0. The van der Waals surface area contributed by atoms with Gasteiger partial charge in [-0.05, 0) is 95.5 Å². The van der Waals surface area contributed by atoms with Crippen molar-refractivity contribution in [3.8, 4) is 5.75 Å². The molecule has 1 fully saturated rings. The minimum absolute atomic E-state index is 0.0672. The van der Waals surface area contributed by atoms with Crippen LogP contribution < -0.4 is 26.6 Å². The maximum Gasteiger partial charge on any atom is 0.408 e. The zero-order chi connectivity index (χ0) is 38.1. The molecule has 0 aliphatic heterocycles. The number of phenolic OH excluding ortho intramolecular Hbond substituents is 1. The molecule has 14 nitrogen and oxygen atoms in total. The van der Waals surface area contributed by atoms with Crippen molar-refractivity contribution in [3.05, 3.63) is 28.8 Å². The number of carbonyl (C=O) groups excluding carboxylic acids is 6. The van der Waals surface area contributed by atoms with E-state index in [0.29, 0.717) is 38.1 Å². The monoisotopic (exact) mass is 717 g/mol. The van der Waals surface area contributed by atoms with Gasteiger partial charge < -0.3 is 41.2 Å². The van der Waals surface area contributed by atoms with E-state index >= 15 is 0 Å². The summed E-state index contributed by atoms with van der Waals surface area (Å²) in [5.74, 6) is -2.00. The summed E-state index contributed by atoms with van der Waals surface area (Å²) in [4.78, 5) is 76.5. The summed E-state index contributed by atoms with van der Waals surface area (Å²) in [6.45, 7) is 10.1. The third-order valence-electron chi connectivity index (χ3n) is 8.80. The molecule has 1 aromatic rings. The van der Waals surface area contributed by atoms with Gasteiger partial charge in [0.05, 0.1) is 13.7 Å². The highest BCUT2D eigenvalue weighted by Crippen LogP contribution is 2.27. The summed E-state index contributed by atoms with van der Waals surface area (Å²) >= 11 is 0. The van der Waals surface area contributed by atoms with Crippen LogP contribution in [0, 0.1) is 19.8 Å². The highest BCUT2D eigenvalue weighted by atomic mass is 16.6. The first-order valence-electron chi connectivity index (χ1n) is 18.0. The molecule has 3 atom stereocenters. The number of aromatic hydroxyl groups is 1. The SMILES string of the molecule is COC(=O)CCCCCNC(=O)[C@H](CC1CCCCC1)NC(=O)CNC(=O)[C@@H](C)NC(=O)[C@H](Cc1c(C)cc(O)cc1C)NC(=O)OC(C)(C)C. The van der Waals surface area contributed by atoms with Crippen molar-refractivity contribution in [1.82, 2.24) is 26.6 Å². The fraction of sp³-hybridized carbons (Fsp3) is 0.676. The van der Waals surface area contributed by atoms with Crippen molar-refractivity contribution in [3.63, 3.8) is 0 Å². The van der Waals surface area contributed by atoms with E-state index in [2.05, 4.69) is 31.3 Å². The number of unbranched alkanes of at least 4 members (excludes halogenated alkanes) is 2. The number of methoxy groups -OCH3 is 1. The Balaban J connectivity index is 1.99. The Morgan fingerprint density at radius 2 is 1.49 bits per heavy atom. The van der Waals surface area contributed by atoms with E-state index in [9.17, 15) is 33.9 Å². The number of carbonyl (C=O) groups is 6. The Labute approximate surface area is 301 Å². The van der Waals surface area contributed by atoms with E-state index in [4.69, 9.17) is 4.74 Å². The molecule has 5 amide bonds. The van der Waals surface area contributed by atoms with E-state index in [1.54, 1.807) is 46.8 Å². The standard InChI is InChI=1S/C37H59N5O9/c1-23-18-27(43)19-24(2)28(23)21-30(42-36(49)51-37(4,5)6)35(48)40-25(3)33(46)39-22-31(44)41-29(20-26-14-10-8-11-15-26)34(47)38-17-13-9-12-16-32(45)50-7/h18-19,25-26,29-30,43H,8-17,20-22H2,1-7H3,(H,38,47)(H,39,46)(H,40,48)(H,41,44)(H,42,49)/t25-,29+,30+/m1/s1. The quantitative estimate of drug-likeness (QED) is 0.0973. The van der Waals surface area contributed by atoms with Crippen LogP contribution in [-0.4, -0.2) is 84.7 Å². The smallest absolute Gasteiger partial charge is 0.408 e. The van der Waals surface area contributed by atoms with Crippen LogP contribution in [0.3, 0.4) is 0 Å². The van der Waals surface area contributed by atoms with E-state index in [-0.39, 0.29) is 24.0 Å². The largest absolute Gasteiger partial charge is 0.508 e. The van der Waals surface area contributed by atoms with Crippen molar-refractivity contribution in [2.75, 3.05) is 20.2 Å². The number of benzene rings is 1. The van der Waals surface area contributed by atoms with Crippen molar-refractivity contribution in [2.45, 2.75) is 136 Å². The molecule has 0 radical (unpaired) electrons. The van der Waals surface area contributed by atoms with E-state index in [0.717, 1.165) is 55.2 Å². The fourth-order valence-corrected chi connectivity index (χ4v) is 6.10. The molecule has 1 saturated carbocycles. The molecule has 1 aliphatic rings. The Bertz CT molecular complexity index is 1330. The van der Waals surface area contributed by atoms with E-state index in [1.165, 1.54) is 14.0 Å². The lowest BCUT2D eigenvalue weighted by atomic mass is 9.84. The summed E-state index contributed by atoms with van der Waals surface area (Å²) in [5, 5.41) is 23.4. The molecule has 286 valence electrons. The molecule has 51 heavy (non-hydrogen) atoms. The number of hydrogen-bond donors (Lipinski definition) is 6. The topological polar surface area (TPSA) is 201 Å². The van der Waals surface area contributed by atoms with Crippen LogP contribution in [0.2, 0.25) is 0 Å². The summed E-state index contributed by atoms with van der Waals surface area (Å²) in [5.41, 5.74) is 1.37. The molecule has 2 rings (SSSR count). The number of alkyl carbamates (subject to hydrolysis) is 1. The summed E-state index contributed by atoms with van der Waals surface area (Å²) in [6, 6.07) is 0.162. The number of phenols is 1. The molecule has 0 bridgehead atoms. The van der Waals surface area contributed by atoms with Gasteiger partial charge in [-0.2, -0.15) is 0 Å². The van der Waals surface area contributed by atoms with Crippen LogP contribution >= 0.6 is 0 Å². The van der Waals surface area contributed by atoms with Gasteiger partial charge in [0.25, 0.3) is 0 Å². The van der Waals surface area contributed by atoms with E-state index in [1.807, 2.05) is 0 Å². The highest BCUT2D eigenvalue weighted by Gasteiger charge is 2.29. The summed E-state index contributed by atoms with van der Waals surface area (Å²) < 4.78 is 10.0. The molecule has 0 saturated heterocycles. The lowest BCUT2D eigenvalue weighted by molar-refractivity contribution is -0.140. The molecular weight excluding hydrogens is 658 g/mol. The average molecular weight is 718 g/mol. The van der Waals surface area contributed by atoms with Crippen molar-refractivity contribution < 1.29 is 43.3 Å². The van der Waals surface area contributed by atoms with Gasteiger partial charge in [0.2, 0.25) is 23.6 Å². The van der Waals surface area contributed by atoms with Gasteiger partial charge in [0, 0.05) is 19.4 Å². The molecule has 1 aromatic carbocycles. The number of esters is 1. The molecule has 0 heterocycles. The van der Waals surface area contributed by atoms with Crippen LogP contribution in [0.5, 0.6) is 5.75 Å². The number of aryl methyl sites for hydroxylation is 2. The van der Waals surface area contributed by atoms with Crippen molar-refractivity contribution in [1.29, 1.82) is 0 Å². The second-order valence-corrected chi connectivity index (χ2v) is 14.4. The Morgan fingerprint density at radius 3 is 2.10 bits per heavy atom. The maximum absolute atomic E-state index is 13.4. The van der Waals surface area contributed by atoms with Crippen LogP contribution in [0.25, 0.3) is 0 Å².